The van der Waals surface area contributed by atoms with Crippen molar-refractivity contribution in [3.8, 4) is 0 Å². The molecule has 2 atom stereocenters. The molecule has 1 saturated heterocycles. The van der Waals surface area contributed by atoms with Crippen molar-refractivity contribution in [2.75, 3.05) is 37.7 Å². The lowest BCUT2D eigenvalue weighted by Crippen LogP contribution is -2.71. The lowest BCUT2D eigenvalue weighted by Gasteiger charge is -2.49. The van der Waals surface area contributed by atoms with Crippen LogP contribution in [0.5, 0.6) is 0 Å². The molecule has 0 aromatic carbocycles. The van der Waals surface area contributed by atoms with Gasteiger partial charge in [0.2, 0.25) is 0 Å². The van der Waals surface area contributed by atoms with E-state index in [9.17, 15) is 19.5 Å². The van der Waals surface area contributed by atoms with Gasteiger partial charge in [0.05, 0.1) is 18.9 Å². The van der Waals surface area contributed by atoms with Gasteiger partial charge in [0, 0.05) is 36.5 Å². The fourth-order valence-corrected chi connectivity index (χ4v) is 6.60. The third-order valence-corrected chi connectivity index (χ3v) is 8.60. The average molecular weight is 630 g/mol. The molecule has 43 heavy (non-hydrogen) atoms. The van der Waals surface area contributed by atoms with E-state index < -0.39 is 29.2 Å². The summed E-state index contributed by atoms with van der Waals surface area (Å²) >= 11 is 2.51. The van der Waals surface area contributed by atoms with Gasteiger partial charge in [-0.15, -0.1) is 23.1 Å². The van der Waals surface area contributed by atoms with Crippen LogP contribution in [-0.4, -0.2) is 103 Å². The van der Waals surface area contributed by atoms with E-state index in [1.165, 1.54) is 16.7 Å². The largest absolute Gasteiger partial charge is 0.477 e. The van der Waals surface area contributed by atoms with Crippen LogP contribution >= 0.6 is 23.1 Å². The maximum atomic E-state index is 13.2. The van der Waals surface area contributed by atoms with Gasteiger partial charge in [-0.1, -0.05) is 5.16 Å². The minimum absolute atomic E-state index is 0.0797. The van der Waals surface area contributed by atoms with Crippen molar-refractivity contribution in [2.24, 2.45) is 20.9 Å². The molecule has 0 bridgehead atoms. The van der Waals surface area contributed by atoms with E-state index in [1.54, 1.807) is 24.2 Å². The molecule has 228 valence electrons. The van der Waals surface area contributed by atoms with Crippen LogP contribution in [0.4, 0.5) is 5.13 Å². The number of carbonyl (C=O) groups excluding carboxylic acids is 2. The molecule has 0 radical (unpaired) electrons. The van der Waals surface area contributed by atoms with E-state index in [1.807, 2.05) is 23.4 Å². The van der Waals surface area contributed by atoms with Crippen LogP contribution in [-0.2, 0) is 19.2 Å². The molecule has 0 spiro atoms. The Hall–Kier alpha value is -4.58. The number of hydrogen-bond donors (Lipinski definition) is 5. The number of nitrogen functional groups attached to an aromatic ring is 1. The number of fused-ring (bicyclic) bond motifs is 2. The van der Waals surface area contributed by atoms with Gasteiger partial charge in [-0.2, -0.15) is 0 Å². The third-order valence-electron chi connectivity index (χ3n) is 6.59. The number of nitrogens with one attached hydrogen (secondary N) is 2. The van der Waals surface area contributed by atoms with Gasteiger partial charge in [0.25, 0.3) is 11.8 Å². The summed E-state index contributed by atoms with van der Waals surface area (Å²) in [5.41, 5.74) is 15.1. The highest BCUT2D eigenvalue weighted by Crippen LogP contribution is 2.41. The van der Waals surface area contributed by atoms with Gasteiger partial charge in [-0.05, 0) is 25.5 Å². The minimum Gasteiger partial charge on any atom is -0.477 e. The number of oxime groups is 1. The number of nitrogens with zero attached hydrogens (tertiary/aromatic N) is 7. The molecule has 0 aliphatic carbocycles. The van der Waals surface area contributed by atoms with Gasteiger partial charge in [-0.25, -0.2) is 14.8 Å². The molecule has 0 unspecified atom stereocenters. The highest BCUT2D eigenvalue weighted by molar-refractivity contribution is 8.00. The fraction of sp³-hybridized carbons (Fsp3) is 0.400. The number of aromatic nitrogens is 1. The lowest BCUT2D eigenvalue weighted by molar-refractivity contribution is -0.150. The zero-order valence-corrected chi connectivity index (χ0v) is 25.0. The van der Waals surface area contributed by atoms with Crippen LogP contribution in [0.25, 0.3) is 0 Å². The summed E-state index contributed by atoms with van der Waals surface area (Å²) in [7, 11) is 0. The number of carboxylic acids is 1. The van der Waals surface area contributed by atoms with Crippen molar-refractivity contribution in [1.29, 1.82) is 0 Å². The van der Waals surface area contributed by atoms with Gasteiger partial charge in [-0.3, -0.25) is 29.9 Å². The summed E-state index contributed by atoms with van der Waals surface area (Å²) in [4.78, 5) is 59.7. The number of carbonyl (C=O) groups is 3. The van der Waals surface area contributed by atoms with E-state index in [0.717, 1.165) is 23.0 Å². The second kappa shape index (κ2) is 12.7. The van der Waals surface area contributed by atoms with Crippen LogP contribution < -0.4 is 22.2 Å². The molecule has 5 heterocycles. The van der Waals surface area contributed by atoms with Crippen molar-refractivity contribution in [3.63, 3.8) is 0 Å². The van der Waals surface area contributed by atoms with Crippen LogP contribution in [0, 0.1) is 0 Å². The molecule has 16 nitrogen and oxygen atoms in total. The Labute approximate surface area is 254 Å². The first-order valence-corrected chi connectivity index (χ1v) is 15.2. The molecule has 2 amide bonds. The van der Waals surface area contributed by atoms with Gasteiger partial charge in [0.15, 0.2) is 10.8 Å². The molecule has 18 heteroatoms. The zero-order chi connectivity index (χ0) is 30.7. The number of amidine groups is 2. The van der Waals surface area contributed by atoms with Crippen LogP contribution in [0.3, 0.4) is 0 Å². The highest BCUT2D eigenvalue weighted by atomic mass is 32.2. The Morgan fingerprint density at radius 3 is 2.84 bits per heavy atom. The Balaban J connectivity index is 1.26. The van der Waals surface area contributed by atoms with E-state index in [-0.39, 0.29) is 35.4 Å². The number of amides is 2. The Bertz CT molecular complexity index is 1490. The quantitative estimate of drug-likeness (QED) is 0.0708. The molecule has 4 aliphatic heterocycles. The number of thiazole rings is 1. The number of hydrazine groups is 1. The molecule has 0 saturated carbocycles. The number of aliphatic imine (C=N–C) groups is 2. The Morgan fingerprint density at radius 2 is 2.14 bits per heavy atom. The Kier molecular flexibility index (Phi) is 8.86. The van der Waals surface area contributed by atoms with Crippen LogP contribution in [0.1, 0.15) is 26.0 Å². The van der Waals surface area contributed by atoms with E-state index in [4.69, 9.17) is 16.3 Å². The van der Waals surface area contributed by atoms with Crippen molar-refractivity contribution in [2.45, 2.75) is 31.7 Å². The number of β-lactam (4-membered cyclic amide) rings is 1. The minimum atomic E-state index is -1.21. The second-order valence-corrected chi connectivity index (χ2v) is 11.6. The predicted molar refractivity (Wildman–Crippen MR) is 162 cm³/mol. The molecular weight excluding hydrogens is 598 g/mol. The van der Waals surface area contributed by atoms with E-state index in [2.05, 4.69) is 30.9 Å². The van der Waals surface area contributed by atoms with Gasteiger partial charge < -0.3 is 31.6 Å². The first-order chi connectivity index (χ1) is 20.7. The number of thioether (sulfide) groups is 1. The molecule has 1 fully saturated rings. The molecule has 4 aliphatic rings. The molecular formula is C25H31N11O5S2. The molecule has 1 aromatic heterocycles. The summed E-state index contributed by atoms with van der Waals surface area (Å²) in [5, 5.41) is 19.7. The standard InChI is InChI=1S/C25H31N11O5S2/c1-3-41-33-18(15-12-43-25(27)30-15)21(37)31-19-22(38)36-20(24(39)40)14(11-42-23(19)36)10-34-8-9-35-17(34)5-4-16(32-35)29-7-6-28-13(2)26/h5,8-9,12,19,23H,3-4,6-7,10-11H2,1-2H3,(H2,26,28)(H2,27,30)(H,29,32)(H,31,37)(H,39,40)/t19-,23-/m0/s1. The van der Waals surface area contributed by atoms with Crippen LogP contribution in [0.2, 0.25) is 0 Å². The zero-order valence-electron chi connectivity index (χ0n) is 23.4. The number of rotatable bonds is 11. The normalized spacial score (nSPS) is 22.7. The van der Waals surface area contributed by atoms with Crippen molar-refractivity contribution >= 4 is 63.4 Å². The first-order valence-electron chi connectivity index (χ1n) is 13.3. The predicted octanol–water partition coefficient (Wildman–Crippen LogP) is -0.181. The number of nitrogens with two attached hydrogens (primary N) is 2. The third kappa shape index (κ3) is 6.29. The van der Waals surface area contributed by atoms with E-state index >= 15 is 0 Å². The topological polar surface area (TPSA) is 216 Å². The highest BCUT2D eigenvalue weighted by Gasteiger charge is 2.54. The summed E-state index contributed by atoms with van der Waals surface area (Å²) < 4.78 is 0. The second-order valence-electron chi connectivity index (χ2n) is 9.57. The molecule has 1 aromatic rings. The lowest BCUT2D eigenvalue weighted by atomic mass is 10.0. The Morgan fingerprint density at radius 1 is 1.33 bits per heavy atom. The summed E-state index contributed by atoms with van der Waals surface area (Å²) in [6, 6.07) is -0.944. The monoisotopic (exact) mass is 629 g/mol. The number of anilines is 1. The van der Waals surface area contributed by atoms with Gasteiger partial charge in [0.1, 0.15) is 41.1 Å². The molecule has 5 rings (SSSR count). The summed E-state index contributed by atoms with van der Waals surface area (Å²) in [6.45, 7) is 4.92. The fourth-order valence-electron chi connectivity index (χ4n) is 4.72. The average Bonchev–Trinajstić information content (AvgIpc) is 3.59. The SMILES string of the molecule is CCON=C(C(=O)N[C@H]1C(=O)N2C(C(=O)O)=C(CN3C=CN4NC(=NCCN=C(C)N)CC=C34)CS[C@@H]12)c1csc(N)n1. The number of aliphatic carboxylic acids is 1. The van der Waals surface area contributed by atoms with Gasteiger partial charge >= 0.3 is 5.97 Å². The summed E-state index contributed by atoms with van der Waals surface area (Å²) in [6.07, 6.45) is 6.20. The van der Waals surface area contributed by atoms with Crippen LogP contribution in [0.15, 0.2) is 56.1 Å². The number of hydrogen-bond acceptors (Lipinski definition) is 13. The van der Waals surface area contributed by atoms with Crippen molar-refractivity contribution < 1.29 is 24.3 Å². The smallest absolute Gasteiger partial charge is 0.352 e. The first kappa shape index (κ1) is 29.9. The van der Waals surface area contributed by atoms with Crippen molar-refractivity contribution in [3.05, 3.63) is 46.6 Å². The van der Waals surface area contributed by atoms with E-state index in [0.29, 0.717) is 36.7 Å². The number of carboxylic acid groups (broad SMARTS) is 1. The maximum absolute atomic E-state index is 13.2. The maximum Gasteiger partial charge on any atom is 0.352 e. The van der Waals surface area contributed by atoms with Crippen molar-refractivity contribution in [1.82, 2.24) is 30.5 Å². The molecule has 7 N–H and O–H groups in total. The summed E-state index contributed by atoms with van der Waals surface area (Å²) in [5.74, 6) is 0.0452.